The highest BCUT2D eigenvalue weighted by Gasteiger charge is 2.31. The Bertz CT molecular complexity index is 769. The van der Waals surface area contributed by atoms with Crippen LogP contribution >= 0.6 is 11.3 Å². The quantitative estimate of drug-likeness (QED) is 0.883. The third-order valence-corrected chi connectivity index (χ3v) is 5.65. The highest BCUT2D eigenvalue weighted by Crippen LogP contribution is 2.33. The van der Waals surface area contributed by atoms with E-state index in [2.05, 4.69) is 5.32 Å². The third kappa shape index (κ3) is 3.48. The number of aliphatic carboxylic acids is 1. The molecule has 4 nitrogen and oxygen atoms in total. The summed E-state index contributed by atoms with van der Waals surface area (Å²) in [6, 6.07) is 7.93. The Hall–Kier alpha value is -2.21. The smallest absolute Gasteiger partial charge is 0.306 e. The zero-order valence-corrected chi connectivity index (χ0v) is 14.0. The molecular formula is C18H18FNO3S. The van der Waals surface area contributed by atoms with Crippen LogP contribution in [0.5, 0.6) is 0 Å². The highest BCUT2D eigenvalue weighted by atomic mass is 32.1. The lowest BCUT2D eigenvalue weighted by molar-refractivity contribution is -0.141. The standard InChI is InChI=1S/C18H18FNO3S/c1-10-8-15(24-16(10)11-2-5-13(19)6-3-11)17(21)20-14-7-4-12(9-14)18(22)23/h2-3,5-6,8,12,14H,4,7,9H2,1H3,(H,20,21)(H,22,23)/t12-,14+/m1/s1. The molecule has 126 valence electrons. The van der Waals surface area contributed by atoms with E-state index in [0.717, 1.165) is 16.0 Å². The van der Waals surface area contributed by atoms with E-state index >= 15 is 0 Å². The minimum Gasteiger partial charge on any atom is -0.481 e. The van der Waals surface area contributed by atoms with Crippen molar-refractivity contribution < 1.29 is 19.1 Å². The van der Waals surface area contributed by atoms with Gasteiger partial charge in [0.05, 0.1) is 10.8 Å². The summed E-state index contributed by atoms with van der Waals surface area (Å²) in [4.78, 5) is 24.9. The topological polar surface area (TPSA) is 66.4 Å². The highest BCUT2D eigenvalue weighted by molar-refractivity contribution is 7.17. The zero-order valence-electron chi connectivity index (χ0n) is 13.2. The number of amides is 1. The lowest BCUT2D eigenvalue weighted by atomic mass is 10.1. The van der Waals surface area contributed by atoms with Crippen molar-refractivity contribution in [3.05, 3.63) is 46.6 Å². The second-order valence-corrected chi connectivity index (χ2v) is 7.20. The molecule has 2 atom stereocenters. The molecule has 1 aliphatic carbocycles. The molecule has 2 aromatic rings. The predicted octanol–water partition coefficient (Wildman–Crippen LogP) is 3.85. The van der Waals surface area contributed by atoms with Gasteiger partial charge in [-0.05, 0) is 55.5 Å². The van der Waals surface area contributed by atoms with Crippen molar-refractivity contribution >= 4 is 23.2 Å². The number of hydrogen-bond donors (Lipinski definition) is 2. The van der Waals surface area contributed by atoms with Gasteiger partial charge in [0.25, 0.3) is 5.91 Å². The van der Waals surface area contributed by atoms with Gasteiger partial charge in [0.1, 0.15) is 5.82 Å². The fraction of sp³-hybridized carbons (Fsp3) is 0.333. The van der Waals surface area contributed by atoms with Gasteiger partial charge in [-0.2, -0.15) is 0 Å². The Morgan fingerprint density at radius 2 is 1.96 bits per heavy atom. The molecule has 0 saturated heterocycles. The SMILES string of the molecule is Cc1cc(C(=O)N[C@H]2CC[C@@H](C(=O)O)C2)sc1-c1ccc(F)cc1. The molecule has 1 aliphatic rings. The molecule has 1 fully saturated rings. The van der Waals surface area contributed by atoms with Crippen molar-refractivity contribution in [3.8, 4) is 10.4 Å². The minimum absolute atomic E-state index is 0.0877. The van der Waals surface area contributed by atoms with Crippen LogP contribution in [0.25, 0.3) is 10.4 Å². The van der Waals surface area contributed by atoms with Crippen molar-refractivity contribution in [1.29, 1.82) is 0 Å². The Morgan fingerprint density at radius 1 is 1.25 bits per heavy atom. The van der Waals surface area contributed by atoms with Crippen LogP contribution in [0.3, 0.4) is 0 Å². The van der Waals surface area contributed by atoms with Crippen LogP contribution in [0.4, 0.5) is 4.39 Å². The van der Waals surface area contributed by atoms with Crippen LogP contribution in [0, 0.1) is 18.7 Å². The average Bonchev–Trinajstić information content (AvgIpc) is 3.15. The summed E-state index contributed by atoms with van der Waals surface area (Å²) in [5, 5.41) is 12.0. The van der Waals surface area contributed by atoms with Crippen molar-refractivity contribution in [2.75, 3.05) is 0 Å². The first-order chi connectivity index (χ1) is 11.4. The van der Waals surface area contributed by atoms with Crippen LogP contribution < -0.4 is 5.32 Å². The van der Waals surface area contributed by atoms with Gasteiger partial charge in [0.2, 0.25) is 0 Å². The van der Waals surface area contributed by atoms with Crippen LogP contribution in [-0.4, -0.2) is 23.0 Å². The molecule has 24 heavy (non-hydrogen) atoms. The van der Waals surface area contributed by atoms with Crippen molar-refractivity contribution in [2.45, 2.75) is 32.2 Å². The Kier molecular flexibility index (Phi) is 4.66. The van der Waals surface area contributed by atoms with Gasteiger partial charge < -0.3 is 10.4 Å². The molecule has 1 saturated carbocycles. The zero-order chi connectivity index (χ0) is 17.3. The third-order valence-electron chi connectivity index (χ3n) is 4.37. The van der Waals surface area contributed by atoms with Gasteiger partial charge in [-0.25, -0.2) is 4.39 Å². The number of rotatable bonds is 4. The Balaban J connectivity index is 1.71. The first kappa shape index (κ1) is 16.6. The van der Waals surface area contributed by atoms with Crippen LogP contribution in [0.1, 0.15) is 34.5 Å². The van der Waals surface area contributed by atoms with E-state index in [1.807, 2.05) is 13.0 Å². The van der Waals surface area contributed by atoms with Gasteiger partial charge in [-0.1, -0.05) is 12.1 Å². The van der Waals surface area contributed by atoms with Crippen LogP contribution in [-0.2, 0) is 4.79 Å². The monoisotopic (exact) mass is 347 g/mol. The normalized spacial score (nSPS) is 20.1. The molecule has 0 unspecified atom stereocenters. The maximum atomic E-state index is 13.0. The molecule has 1 aromatic heterocycles. The summed E-state index contributed by atoms with van der Waals surface area (Å²) in [5.41, 5.74) is 1.84. The Labute approximate surface area is 143 Å². The summed E-state index contributed by atoms with van der Waals surface area (Å²) >= 11 is 1.37. The van der Waals surface area contributed by atoms with Gasteiger partial charge in [0.15, 0.2) is 0 Å². The van der Waals surface area contributed by atoms with Crippen molar-refractivity contribution in [3.63, 3.8) is 0 Å². The summed E-state index contributed by atoms with van der Waals surface area (Å²) in [6.45, 7) is 1.92. The fourth-order valence-corrected chi connectivity index (χ4v) is 4.16. The van der Waals surface area contributed by atoms with Gasteiger partial charge in [-0.15, -0.1) is 11.3 Å². The molecule has 1 amide bonds. The number of carboxylic acid groups (broad SMARTS) is 1. The van der Waals surface area contributed by atoms with Crippen molar-refractivity contribution in [1.82, 2.24) is 5.32 Å². The van der Waals surface area contributed by atoms with E-state index in [-0.39, 0.29) is 23.7 Å². The van der Waals surface area contributed by atoms with Gasteiger partial charge in [-0.3, -0.25) is 9.59 Å². The summed E-state index contributed by atoms with van der Waals surface area (Å²) in [6.07, 6.45) is 1.78. The molecule has 0 bridgehead atoms. The minimum atomic E-state index is -0.794. The number of carboxylic acids is 1. The second-order valence-electron chi connectivity index (χ2n) is 6.15. The molecular weight excluding hydrogens is 329 g/mol. The maximum absolute atomic E-state index is 13.0. The van der Waals surface area contributed by atoms with E-state index in [4.69, 9.17) is 5.11 Å². The number of halogens is 1. The average molecular weight is 347 g/mol. The summed E-state index contributed by atoms with van der Waals surface area (Å²) in [5.74, 6) is -1.62. The van der Waals surface area contributed by atoms with E-state index in [9.17, 15) is 14.0 Å². The second kappa shape index (κ2) is 6.73. The van der Waals surface area contributed by atoms with E-state index in [1.165, 1.54) is 23.5 Å². The number of thiophene rings is 1. The van der Waals surface area contributed by atoms with Gasteiger partial charge in [0, 0.05) is 10.9 Å². The Morgan fingerprint density at radius 3 is 2.58 bits per heavy atom. The number of carbonyl (C=O) groups is 2. The molecule has 3 rings (SSSR count). The summed E-state index contributed by atoms with van der Waals surface area (Å²) < 4.78 is 13.0. The maximum Gasteiger partial charge on any atom is 0.306 e. The summed E-state index contributed by atoms with van der Waals surface area (Å²) in [7, 11) is 0. The van der Waals surface area contributed by atoms with Crippen molar-refractivity contribution in [2.24, 2.45) is 5.92 Å². The fourth-order valence-electron chi connectivity index (χ4n) is 3.08. The first-order valence-corrected chi connectivity index (χ1v) is 8.65. The number of aryl methyl sites for hydroxylation is 1. The molecule has 0 aliphatic heterocycles. The van der Waals surface area contributed by atoms with E-state index in [1.54, 1.807) is 12.1 Å². The van der Waals surface area contributed by atoms with Crippen LogP contribution in [0.2, 0.25) is 0 Å². The predicted molar refractivity (Wildman–Crippen MR) is 90.7 cm³/mol. The van der Waals surface area contributed by atoms with E-state index in [0.29, 0.717) is 24.1 Å². The first-order valence-electron chi connectivity index (χ1n) is 7.84. The number of hydrogen-bond acceptors (Lipinski definition) is 3. The van der Waals surface area contributed by atoms with Gasteiger partial charge >= 0.3 is 5.97 Å². The molecule has 6 heteroatoms. The lowest BCUT2D eigenvalue weighted by Crippen LogP contribution is -2.32. The largest absolute Gasteiger partial charge is 0.481 e. The molecule has 1 heterocycles. The number of benzene rings is 1. The van der Waals surface area contributed by atoms with Crippen LogP contribution in [0.15, 0.2) is 30.3 Å². The lowest BCUT2D eigenvalue weighted by Gasteiger charge is -2.11. The molecule has 2 N–H and O–H groups in total. The molecule has 0 radical (unpaired) electrons. The van der Waals surface area contributed by atoms with E-state index < -0.39 is 5.97 Å². The number of nitrogens with one attached hydrogen (secondary N) is 1. The molecule has 1 aromatic carbocycles. The molecule has 0 spiro atoms. The number of carbonyl (C=O) groups excluding carboxylic acids is 1.